The van der Waals surface area contributed by atoms with Crippen LogP contribution in [-0.4, -0.2) is 64.1 Å². The number of hydrogen-bond acceptors (Lipinski definition) is 6. The molecule has 1 aliphatic rings. The Morgan fingerprint density at radius 3 is 2.64 bits per heavy atom. The van der Waals surface area contributed by atoms with Gasteiger partial charge in [0.15, 0.2) is 6.61 Å². The number of rotatable bonds is 6. The molecule has 0 radical (unpaired) electrons. The lowest BCUT2D eigenvalue weighted by molar-refractivity contribution is -0.124. The normalized spacial score (nSPS) is 15.6. The van der Waals surface area contributed by atoms with E-state index in [1.807, 2.05) is 0 Å². The number of esters is 1. The van der Waals surface area contributed by atoms with Crippen LogP contribution in [0.15, 0.2) is 27.6 Å². The summed E-state index contributed by atoms with van der Waals surface area (Å²) in [7, 11) is -3.77. The van der Waals surface area contributed by atoms with E-state index in [0.717, 1.165) is 0 Å². The van der Waals surface area contributed by atoms with Gasteiger partial charge in [-0.3, -0.25) is 4.79 Å². The van der Waals surface area contributed by atoms with Crippen LogP contribution in [0.3, 0.4) is 0 Å². The van der Waals surface area contributed by atoms with Gasteiger partial charge in [-0.2, -0.15) is 4.31 Å². The van der Waals surface area contributed by atoms with Gasteiger partial charge in [0.1, 0.15) is 0 Å². The van der Waals surface area contributed by atoms with Crippen molar-refractivity contribution < 1.29 is 27.5 Å². The van der Waals surface area contributed by atoms with E-state index in [-0.39, 0.29) is 23.5 Å². The molecule has 1 aromatic carbocycles. The Bertz CT molecular complexity index is 746. The lowest BCUT2D eigenvalue weighted by Crippen LogP contribution is -2.40. The number of likely N-dealkylation sites (N-methyl/N-ethyl adjacent to an activating group) is 1. The topological polar surface area (TPSA) is 102 Å². The number of amides is 1. The standard InChI is InChI=1S/C15H19BrN2O6S/c1-2-17-14(19)10-24-15(20)11-3-4-12(16)13(9-11)25(21,22)18-5-7-23-8-6-18/h3-4,9H,2,5-8,10H2,1H3,(H,17,19). The van der Waals surface area contributed by atoms with Crippen LogP contribution in [0.25, 0.3) is 0 Å². The van der Waals surface area contributed by atoms with Crippen molar-refractivity contribution >= 4 is 37.8 Å². The maximum absolute atomic E-state index is 12.8. The van der Waals surface area contributed by atoms with Gasteiger partial charge in [-0.05, 0) is 41.1 Å². The molecule has 0 spiro atoms. The highest BCUT2D eigenvalue weighted by atomic mass is 79.9. The molecule has 2 rings (SSSR count). The maximum atomic E-state index is 12.8. The largest absolute Gasteiger partial charge is 0.452 e. The molecule has 0 aliphatic carbocycles. The van der Waals surface area contributed by atoms with Gasteiger partial charge < -0.3 is 14.8 Å². The summed E-state index contributed by atoms with van der Waals surface area (Å²) in [6, 6.07) is 4.15. The summed E-state index contributed by atoms with van der Waals surface area (Å²) in [6.07, 6.45) is 0. The van der Waals surface area contributed by atoms with Gasteiger partial charge in [0, 0.05) is 24.1 Å². The number of carbonyl (C=O) groups excluding carboxylic acids is 2. The molecule has 1 N–H and O–H groups in total. The third kappa shape index (κ3) is 5.00. The second-order valence-corrected chi connectivity index (χ2v) is 7.95. The molecule has 0 atom stereocenters. The van der Waals surface area contributed by atoms with Crippen molar-refractivity contribution in [2.45, 2.75) is 11.8 Å². The third-order valence-electron chi connectivity index (χ3n) is 3.46. The zero-order valence-corrected chi connectivity index (χ0v) is 16.1. The van der Waals surface area contributed by atoms with Gasteiger partial charge in [-0.1, -0.05) is 0 Å². The molecule has 0 bridgehead atoms. The van der Waals surface area contributed by atoms with Crippen LogP contribution in [0.1, 0.15) is 17.3 Å². The second kappa shape index (κ2) is 8.75. The first-order valence-corrected chi connectivity index (χ1v) is 9.91. The smallest absolute Gasteiger partial charge is 0.338 e. The third-order valence-corrected chi connectivity index (χ3v) is 6.36. The van der Waals surface area contributed by atoms with Crippen molar-refractivity contribution in [3.05, 3.63) is 28.2 Å². The first-order chi connectivity index (χ1) is 11.9. The van der Waals surface area contributed by atoms with Gasteiger partial charge in [0.25, 0.3) is 5.91 Å². The quantitative estimate of drug-likeness (QED) is 0.663. The molecule has 1 heterocycles. The van der Waals surface area contributed by atoms with E-state index in [4.69, 9.17) is 9.47 Å². The van der Waals surface area contributed by atoms with Crippen LogP contribution in [0.5, 0.6) is 0 Å². The molecule has 8 nitrogen and oxygen atoms in total. The van der Waals surface area contributed by atoms with E-state index in [1.165, 1.54) is 22.5 Å². The summed E-state index contributed by atoms with van der Waals surface area (Å²) in [5, 5.41) is 2.50. The summed E-state index contributed by atoms with van der Waals surface area (Å²) < 4.78 is 37.2. The lowest BCUT2D eigenvalue weighted by Gasteiger charge is -2.26. The van der Waals surface area contributed by atoms with Crippen molar-refractivity contribution in [1.29, 1.82) is 0 Å². The molecule has 1 amide bonds. The fourth-order valence-corrected chi connectivity index (χ4v) is 4.58. The number of carbonyl (C=O) groups is 2. The zero-order valence-electron chi connectivity index (χ0n) is 13.7. The Labute approximate surface area is 154 Å². The highest BCUT2D eigenvalue weighted by Gasteiger charge is 2.29. The van der Waals surface area contributed by atoms with Crippen molar-refractivity contribution in [2.75, 3.05) is 39.5 Å². The van der Waals surface area contributed by atoms with E-state index in [0.29, 0.717) is 24.2 Å². The van der Waals surface area contributed by atoms with Gasteiger partial charge in [0.2, 0.25) is 10.0 Å². The predicted octanol–water partition coefficient (Wildman–Crippen LogP) is 0.763. The predicted molar refractivity (Wildman–Crippen MR) is 92.7 cm³/mol. The maximum Gasteiger partial charge on any atom is 0.338 e. The van der Waals surface area contributed by atoms with Gasteiger partial charge in [-0.25, -0.2) is 13.2 Å². The van der Waals surface area contributed by atoms with E-state index in [2.05, 4.69) is 21.2 Å². The van der Waals surface area contributed by atoms with Gasteiger partial charge in [0.05, 0.1) is 23.7 Å². The highest BCUT2D eigenvalue weighted by molar-refractivity contribution is 9.10. The minimum atomic E-state index is -3.77. The fraction of sp³-hybridized carbons (Fsp3) is 0.467. The molecule has 0 aromatic heterocycles. The van der Waals surface area contributed by atoms with Crippen LogP contribution >= 0.6 is 15.9 Å². The molecule has 25 heavy (non-hydrogen) atoms. The summed E-state index contributed by atoms with van der Waals surface area (Å²) in [5.41, 5.74) is 0.0549. The Balaban J connectivity index is 2.19. The Morgan fingerprint density at radius 2 is 2.00 bits per heavy atom. The number of nitrogens with zero attached hydrogens (tertiary/aromatic N) is 1. The Hall–Kier alpha value is -1.49. The number of halogens is 1. The number of morpholine rings is 1. The van der Waals surface area contributed by atoms with Crippen LogP contribution < -0.4 is 5.32 Å². The molecule has 10 heteroatoms. The highest BCUT2D eigenvalue weighted by Crippen LogP contribution is 2.27. The molecule has 1 fully saturated rings. The van der Waals surface area contributed by atoms with Crippen molar-refractivity contribution in [1.82, 2.24) is 9.62 Å². The van der Waals surface area contributed by atoms with Crippen molar-refractivity contribution in [3.8, 4) is 0 Å². The van der Waals surface area contributed by atoms with E-state index in [1.54, 1.807) is 6.92 Å². The first kappa shape index (κ1) is 19.8. The minimum Gasteiger partial charge on any atom is -0.452 e. The molecule has 1 aliphatic heterocycles. The van der Waals surface area contributed by atoms with Gasteiger partial charge >= 0.3 is 5.97 Å². The average Bonchev–Trinajstić information content (AvgIpc) is 2.61. The molecule has 138 valence electrons. The first-order valence-electron chi connectivity index (χ1n) is 7.67. The summed E-state index contributed by atoms with van der Waals surface area (Å²) in [4.78, 5) is 23.4. The molecule has 0 unspecified atom stereocenters. The van der Waals surface area contributed by atoms with Crippen LogP contribution in [-0.2, 0) is 24.3 Å². The Kier molecular flexibility index (Phi) is 6.94. The summed E-state index contributed by atoms with van der Waals surface area (Å²) in [6.45, 7) is 2.90. The SMILES string of the molecule is CCNC(=O)COC(=O)c1ccc(Br)c(S(=O)(=O)N2CCOCC2)c1. The van der Waals surface area contributed by atoms with Gasteiger partial charge in [-0.15, -0.1) is 0 Å². The lowest BCUT2D eigenvalue weighted by atomic mass is 10.2. The minimum absolute atomic E-state index is 0.0261. The summed E-state index contributed by atoms with van der Waals surface area (Å²) >= 11 is 3.21. The van der Waals surface area contributed by atoms with Crippen LogP contribution in [0, 0.1) is 0 Å². The number of sulfonamides is 1. The average molecular weight is 435 g/mol. The molecular weight excluding hydrogens is 416 g/mol. The van der Waals surface area contributed by atoms with E-state index < -0.39 is 28.5 Å². The number of hydrogen-bond donors (Lipinski definition) is 1. The molecule has 1 aromatic rings. The Morgan fingerprint density at radius 1 is 1.32 bits per heavy atom. The number of benzene rings is 1. The second-order valence-electron chi connectivity index (χ2n) is 5.19. The fourth-order valence-electron chi connectivity index (χ4n) is 2.22. The summed E-state index contributed by atoms with van der Waals surface area (Å²) in [5.74, 6) is -1.19. The van der Waals surface area contributed by atoms with Crippen LogP contribution in [0.4, 0.5) is 0 Å². The molecule has 1 saturated heterocycles. The molecule has 0 saturated carbocycles. The van der Waals surface area contributed by atoms with Crippen LogP contribution in [0.2, 0.25) is 0 Å². The van der Waals surface area contributed by atoms with Crippen molar-refractivity contribution in [2.24, 2.45) is 0 Å². The molecular formula is C15H19BrN2O6S. The van der Waals surface area contributed by atoms with E-state index >= 15 is 0 Å². The zero-order chi connectivity index (χ0) is 18.4. The monoisotopic (exact) mass is 434 g/mol. The number of nitrogens with one attached hydrogen (secondary N) is 1. The van der Waals surface area contributed by atoms with Crippen molar-refractivity contribution in [3.63, 3.8) is 0 Å². The number of ether oxygens (including phenoxy) is 2. The van der Waals surface area contributed by atoms with E-state index in [9.17, 15) is 18.0 Å².